The van der Waals surface area contributed by atoms with Crippen LogP contribution in [0.15, 0.2) is 29.3 Å². The van der Waals surface area contributed by atoms with Gasteiger partial charge in [-0.15, -0.1) is 0 Å². The van der Waals surface area contributed by atoms with Gasteiger partial charge in [-0.05, 0) is 23.4 Å². The Balaban J connectivity index is 2.86. The van der Waals surface area contributed by atoms with Gasteiger partial charge in [-0.3, -0.25) is 4.79 Å². The minimum atomic E-state index is -0.439. The molecule has 0 bridgehead atoms. The van der Waals surface area contributed by atoms with Crippen LogP contribution in [0.3, 0.4) is 0 Å². The molecule has 0 saturated carbocycles. The molecular formula is C13H19N3O2S. The summed E-state index contributed by atoms with van der Waals surface area (Å²) in [5.74, 6) is 0.107. The lowest BCUT2D eigenvalue weighted by molar-refractivity contribution is -0.142. The molecule has 104 valence electrons. The van der Waals surface area contributed by atoms with Gasteiger partial charge in [0.05, 0.1) is 18.7 Å². The van der Waals surface area contributed by atoms with Gasteiger partial charge in [-0.2, -0.15) is 0 Å². The number of hydrogen-bond donors (Lipinski definition) is 2. The summed E-state index contributed by atoms with van der Waals surface area (Å²) in [7, 11) is 1.35. The van der Waals surface area contributed by atoms with Crippen LogP contribution in [0, 0.1) is 0 Å². The van der Waals surface area contributed by atoms with E-state index in [1.165, 1.54) is 18.9 Å². The number of nitrogens with two attached hydrogens (primary N) is 2. The van der Waals surface area contributed by atoms with Crippen LogP contribution in [-0.2, 0) is 9.53 Å². The Labute approximate surface area is 117 Å². The molecule has 1 rings (SSSR count). The van der Waals surface area contributed by atoms with Gasteiger partial charge in [0.1, 0.15) is 0 Å². The van der Waals surface area contributed by atoms with Crippen molar-refractivity contribution in [2.45, 2.75) is 12.8 Å². The fraction of sp³-hybridized carbons (Fsp3) is 0.385. The van der Waals surface area contributed by atoms with Crippen molar-refractivity contribution in [1.82, 2.24) is 0 Å². The van der Waals surface area contributed by atoms with E-state index in [1.807, 2.05) is 31.2 Å². The van der Waals surface area contributed by atoms with E-state index in [0.717, 1.165) is 17.0 Å². The summed E-state index contributed by atoms with van der Waals surface area (Å²) in [5.41, 5.74) is 12.9. The molecule has 1 aromatic carbocycles. The molecule has 5 nitrogen and oxygen atoms in total. The number of ether oxygens (including phenoxy) is 1. The lowest BCUT2D eigenvalue weighted by atomic mass is 9.99. The number of carbonyl (C=O) groups excluding carboxylic acids is 1. The van der Waals surface area contributed by atoms with Crippen molar-refractivity contribution in [3.63, 3.8) is 0 Å². The van der Waals surface area contributed by atoms with Crippen LogP contribution >= 0.6 is 11.8 Å². The molecule has 6 heteroatoms. The normalized spacial score (nSPS) is 13.1. The van der Waals surface area contributed by atoms with Crippen LogP contribution < -0.4 is 11.5 Å². The number of thioether (sulfide) groups is 1. The lowest BCUT2D eigenvalue weighted by Crippen LogP contribution is -2.22. The summed E-state index contributed by atoms with van der Waals surface area (Å²) < 4.78 is 4.71. The quantitative estimate of drug-likeness (QED) is 0.486. The van der Waals surface area contributed by atoms with Crippen LogP contribution in [0.5, 0.6) is 0 Å². The first kappa shape index (κ1) is 15.5. The van der Waals surface area contributed by atoms with Gasteiger partial charge in [0.25, 0.3) is 0 Å². The van der Waals surface area contributed by atoms with E-state index in [4.69, 9.17) is 16.2 Å². The number of methoxy groups -OCH3 is 1. The molecule has 0 aliphatic heterocycles. The highest BCUT2D eigenvalue weighted by molar-refractivity contribution is 8.13. The van der Waals surface area contributed by atoms with Crippen LogP contribution in [-0.4, -0.2) is 30.5 Å². The third kappa shape index (κ3) is 4.57. The van der Waals surface area contributed by atoms with E-state index in [1.54, 1.807) is 0 Å². The van der Waals surface area contributed by atoms with E-state index >= 15 is 0 Å². The molecule has 1 unspecified atom stereocenters. The van der Waals surface area contributed by atoms with Crippen LogP contribution in [0.2, 0.25) is 0 Å². The molecule has 1 atom stereocenters. The fourth-order valence-corrected chi connectivity index (χ4v) is 2.06. The first-order valence-electron chi connectivity index (χ1n) is 5.97. The minimum absolute atomic E-state index is 0.211. The Morgan fingerprint density at radius 3 is 2.53 bits per heavy atom. The molecule has 4 N–H and O–H groups in total. The Morgan fingerprint density at radius 2 is 2.05 bits per heavy atom. The second kappa shape index (κ2) is 7.81. The molecule has 0 aliphatic rings. The maximum Gasteiger partial charge on any atom is 0.314 e. The van der Waals surface area contributed by atoms with Crippen molar-refractivity contribution in [1.29, 1.82) is 0 Å². The molecule has 19 heavy (non-hydrogen) atoms. The zero-order valence-corrected chi connectivity index (χ0v) is 11.9. The van der Waals surface area contributed by atoms with E-state index in [2.05, 4.69) is 4.99 Å². The zero-order chi connectivity index (χ0) is 14.3. The second-order valence-corrected chi connectivity index (χ2v) is 5.07. The number of amidine groups is 1. The maximum absolute atomic E-state index is 11.5. The van der Waals surface area contributed by atoms with Gasteiger partial charge in [-0.1, -0.05) is 30.8 Å². The van der Waals surface area contributed by atoms with Crippen LogP contribution in [0.25, 0.3) is 0 Å². The van der Waals surface area contributed by atoms with Crippen molar-refractivity contribution in [2.24, 2.45) is 16.5 Å². The molecule has 0 radical (unpaired) electrons. The summed E-state index contributed by atoms with van der Waals surface area (Å²) in [6, 6.07) is 7.25. The van der Waals surface area contributed by atoms with Gasteiger partial charge in [0, 0.05) is 6.54 Å². The summed E-state index contributed by atoms with van der Waals surface area (Å²) >= 11 is 1.48. The molecular weight excluding hydrogens is 262 g/mol. The lowest BCUT2D eigenvalue weighted by Gasteiger charge is -2.12. The number of hydrogen-bond acceptors (Lipinski definition) is 5. The van der Waals surface area contributed by atoms with Crippen molar-refractivity contribution in [3.8, 4) is 0 Å². The first-order valence-corrected chi connectivity index (χ1v) is 6.95. The van der Waals surface area contributed by atoms with E-state index in [-0.39, 0.29) is 12.5 Å². The Kier molecular flexibility index (Phi) is 6.38. The number of aliphatic imine (C=N–C) groups is 1. The number of benzene rings is 1. The SMILES string of the molecule is CCSC(N)=Nc1ccc(C(CN)C(=O)OC)cc1. The fourth-order valence-electron chi connectivity index (χ4n) is 1.60. The van der Waals surface area contributed by atoms with E-state index < -0.39 is 5.92 Å². The van der Waals surface area contributed by atoms with Crippen molar-refractivity contribution < 1.29 is 9.53 Å². The second-order valence-electron chi connectivity index (χ2n) is 3.79. The first-order chi connectivity index (χ1) is 9.12. The predicted octanol–water partition coefficient (Wildman–Crippen LogP) is 1.60. The third-order valence-electron chi connectivity index (χ3n) is 2.55. The van der Waals surface area contributed by atoms with Gasteiger partial charge in [0.2, 0.25) is 0 Å². The van der Waals surface area contributed by atoms with E-state index in [9.17, 15) is 4.79 Å². The molecule has 0 heterocycles. The summed E-state index contributed by atoms with van der Waals surface area (Å²) in [6.07, 6.45) is 0. The number of rotatable bonds is 5. The number of carbonyl (C=O) groups is 1. The van der Waals surface area contributed by atoms with Crippen LogP contribution in [0.1, 0.15) is 18.4 Å². The zero-order valence-electron chi connectivity index (χ0n) is 11.1. The Bertz CT molecular complexity index is 446. The molecule has 0 saturated heterocycles. The summed E-state index contributed by atoms with van der Waals surface area (Å²) in [4.78, 5) is 15.8. The maximum atomic E-state index is 11.5. The predicted molar refractivity (Wildman–Crippen MR) is 79.7 cm³/mol. The highest BCUT2D eigenvalue weighted by Crippen LogP contribution is 2.21. The molecule has 0 aromatic heterocycles. The number of nitrogens with zero attached hydrogens (tertiary/aromatic N) is 1. The highest BCUT2D eigenvalue weighted by atomic mass is 32.2. The number of esters is 1. The van der Waals surface area contributed by atoms with E-state index in [0.29, 0.717) is 5.17 Å². The molecule has 0 fully saturated rings. The average molecular weight is 281 g/mol. The molecule has 0 spiro atoms. The van der Waals surface area contributed by atoms with Crippen LogP contribution in [0.4, 0.5) is 5.69 Å². The van der Waals surface area contributed by atoms with Gasteiger partial charge in [-0.25, -0.2) is 4.99 Å². The molecule has 1 aromatic rings. The van der Waals surface area contributed by atoms with Gasteiger partial charge in [0.15, 0.2) is 5.17 Å². The van der Waals surface area contributed by atoms with Crippen molar-refractivity contribution in [3.05, 3.63) is 29.8 Å². The Hall–Kier alpha value is -1.53. The molecule has 0 aliphatic carbocycles. The topological polar surface area (TPSA) is 90.7 Å². The summed E-state index contributed by atoms with van der Waals surface area (Å²) in [5, 5.41) is 0.526. The van der Waals surface area contributed by atoms with Crippen molar-refractivity contribution >= 4 is 28.6 Å². The Morgan fingerprint density at radius 1 is 1.42 bits per heavy atom. The average Bonchev–Trinajstić information content (AvgIpc) is 2.41. The molecule has 0 amide bonds. The largest absolute Gasteiger partial charge is 0.469 e. The standard InChI is InChI=1S/C13H19N3O2S/c1-3-19-13(15)16-10-6-4-9(5-7-10)11(8-14)12(17)18-2/h4-7,11H,3,8,14H2,1-2H3,(H2,15,16). The monoisotopic (exact) mass is 281 g/mol. The van der Waals surface area contributed by atoms with Crippen molar-refractivity contribution in [2.75, 3.05) is 19.4 Å². The summed E-state index contributed by atoms with van der Waals surface area (Å²) in [6.45, 7) is 2.22. The smallest absolute Gasteiger partial charge is 0.314 e. The van der Waals surface area contributed by atoms with Gasteiger partial charge < -0.3 is 16.2 Å². The minimum Gasteiger partial charge on any atom is -0.469 e. The third-order valence-corrected chi connectivity index (χ3v) is 3.22. The van der Waals surface area contributed by atoms with Gasteiger partial charge >= 0.3 is 5.97 Å². The highest BCUT2D eigenvalue weighted by Gasteiger charge is 2.19.